The SMILES string of the molecule is Cc1ncc(F)c(Nc2ccc3c(cnn3C(=O)OC(C)(C)C)c2)n1. The highest BCUT2D eigenvalue weighted by molar-refractivity contribution is 5.90. The Kier molecular flexibility index (Phi) is 4.12. The molecule has 2 heterocycles. The zero-order chi connectivity index (χ0) is 18.2. The molecular weight excluding hydrogens is 325 g/mol. The van der Waals surface area contributed by atoms with Gasteiger partial charge in [0.15, 0.2) is 11.6 Å². The molecule has 0 radical (unpaired) electrons. The summed E-state index contributed by atoms with van der Waals surface area (Å²) in [4.78, 5) is 20.0. The van der Waals surface area contributed by atoms with Gasteiger partial charge in [0.2, 0.25) is 0 Å². The maximum Gasteiger partial charge on any atom is 0.435 e. The van der Waals surface area contributed by atoms with E-state index in [1.165, 1.54) is 4.68 Å². The highest BCUT2D eigenvalue weighted by Crippen LogP contribution is 2.23. The predicted octanol–water partition coefficient (Wildman–Crippen LogP) is 3.80. The number of hydrogen-bond acceptors (Lipinski definition) is 6. The number of rotatable bonds is 2. The molecule has 3 aromatic rings. The molecule has 0 spiro atoms. The lowest BCUT2D eigenvalue weighted by molar-refractivity contribution is 0.0522. The van der Waals surface area contributed by atoms with Gasteiger partial charge in [-0.3, -0.25) is 0 Å². The molecule has 0 unspecified atom stereocenters. The summed E-state index contributed by atoms with van der Waals surface area (Å²) in [5.41, 5.74) is 0.603. The summed E-state index contributed by atoms with van der Waals surface area (Å²) in [5.74, 6) is 0.00394. The summed E-state index contributed by atoms with van der Waals surface area (Å²) in [6.45, 7) is 7.04. The number of hydrogen-bond donors (Lipinski definition) is 1. The Morgan fingerprint density at radius 1 is 1.28 bits per heavy atom. The molecule has 1 aromatic carbocycles. The third kappa shape index (κ3) is 3.73. The Hall–Kier alpha value is -3.03. The molecule has 0 fully saturated rings. The first-order valence-electron chi connectivity index (χ1n) is 7.70. The van der Waals surface area contributed by atoms with Crippen LogP contribution in [-0.4, -0.2) is 31.4 Å². The highest BCUT2D eigenvalue weighted by atomic mass is 19.1. The molecule has 0 bridgehead atoms. The van der Waals surface area contributed by atoms with E-state index in [9.17, 15) is 9.18 Å². The molecule has 130 valence electrons. The lowest BCUT2D eigenvalue weighted by atomic mass is 10.2. The molecule has 3 rings (SSSR count). The zero-order valence-corrected chi connectivity index (χ0v) is 14.4. The second kappa shape index (κ2) is 6.12. The second-order valence-electron chi connectivity index (χ2n) is 6.55. The minimum atomic E-state index is -0.612. The van der Waals surface area contributed by atoms with Crippen LogP contribution >= 0.6 is 0 Å². The minimum absolute atomic E-state index is 0.0892. The molecule has 0 saturated heterocycles. The zero-order valence-electron chi connectivity index (χ0n) is 14.4. The van der Waals surface area contributed by atoms with Crippen molar-refractivity contribution in [2.24, 2.45) is 0 Å². The minimum Gasteiger partial charge on any atom is -0.442 e. The molecule has 0 amide bonds. The number of nitrogens with zero attached hydrogens (tertiary/aromatic N) is 4. The average Bonchev–Trinajstić information content (AvgIpc) is 2.92. The largest absolute Gasteiger partial charge is 0.442 e. The van der Waals surface area contributed by atoms with Gasteiger partial charge in [0.1, 0.15) is 11.4 Å². The number of anilines is 2. The molecular formula is C17H18FN5O2. The van der Waals surface area contributed by atoms with E-state index in [-0.39, 0.29) is 5.82 Å². The number of carbonyl (C=O) groups is 1. The number of nitrogens with one attached hydrogen (secondary N) is 1. The van der Waals surface area contributed by atoms with E-state index < -0.39 is 17.5 Å². The molecule has 2 aromatic heterocycles. The van der Waals surface area contributed by atoms with Crippen LogP contribution in [-0.2, 0) is 4.74 Å². The van der Waals surface area contributed by atoms with Crippen LogP contribution in [0.1, 0.15) is 26.6 Å². The first kappa shape index (κ1) is 16.8. The molecule has 7 nitrogen and oxygen atoms in total. The fourth-order valence-corrected chi connectivity index (χ4v) is 2.24. The summed E-state index contributed by atoms with van der Waals surface area (Å²) in [7, 11) is 0. The van der Waals surface area contributed by atoms with Crippen molar-refractivity contribution in [3.63, 3.8) is 0 Å². The Labute approximate surface area is 143 Å². The fraction of sp³-hybridized carbons (Fsp3) is 0.294. The van der Waals surface area contributed by atoms with E-state index in [2.05, 4.69) is 20.4 Å². The van der Waals surface area contributed by atoms with Crippen LogP contribution in [0.3, 0.4) is 0 Å². The monoisotopic (exact) mass is 343 g/mol. The Morgan fingerprint density at radius 2 is 2.04 bits per heavy atom. The number of ether oxygens (including phenoxy) is 1. The van der Waals surface area contributed by atoms with Gasteiger partial charge in [-0.25, -0.2) is 19.2 Å². The second-order valence-corrected chi connectivity index (χ2v) is 6.55. The lowest BCUT2D eigenvalue weighted by Gasteiger charge is -2.19. The van der Waals surface area contributed by atoms with Crippen molar-refractivity contribution in [1.82, 2.24) is 19.7 Å². The van der Waals surface area contributed by atoms with Crippen LogP contribution in [0.15, 0.2) is 30.6 Å². The van der Waals surface area contributed by atoms with Crippen molar-refractivity contribution >= 4 is 28.5 Å². The van der Waals surface area contributed by atoms with Crippen LogP contribution in [0.25, 0.3) is 10.9 Å². The van der Waals surface area contributed by atoms with E-state index in [0.29, 0.717) is 22.4 Å². The number of halogens is 1. The molecule has 0 aliphatic carbocycles. The number of aryl methyl sites for hydroxylation is 1. The molecule has 1 N–H and O–H groups in total. The summed E-state index contributed by atoms with van der Waals surface area (Å²) >= 11 is 0. The molecule has 25 heavy (non-hydrogen) atoms. The third-order valence-corrected chi connectivity index (χ3v) is 3.26. The van der Waals surface area contributed by atoms with Crippen LogP contribution in [0.2, 0.25) is 0 Å². The van der Waals surface area contributed by atoms with Crippen LogP contribution < -0.4 is 5.32 Å². The van der Waals surface area contributed by atoms with E-state index in [1.807, 2.05) is 0 Å². The Morgan fingerprint density at radius 3 is 2.76 bits per heavy atom. The van der Waals surface area contributed by atoms with Gasteiger partial charge in [-0.1, -0.05) is 0 Å². The van der Waals surface area contributed by atoms with Gasteiger partial charge in [-0.05, 0) is 45.9 Å². The van der Waals surface area contributed by atoms with Gasteiger partial charge in [0.05, 0.1) is 17.9 Å². The molecule has 0 saturated carbocycles. The van der Waals surface area contributed by atoms with Gasteiger partial charge in [-0.2, -0.15) is 9.78 Å². The number of fused-ring (bicyclic) bond motifs is 1. The van der Waals surface area contributed by atoms with E-state index >= 15 is 0 Å². The number of benzene rings is 1. The summed E-state index contributed by atoms with van der Waals surface area (Å²) in [6.07, 6.45) is 2.11. The first-order valence-corrected chi connectivity index (χ1v) is 7.70. The van der Waals surface area contributed by atoms with Crippen molar-refractivity contribution in [2.45, 2.75) is 33.3 Å². The van der Waals surface area contributed by atoms with Crippen molar-refractivity contribution in [2.75, 3.05) is 5.32 Å². The van der Waals surface area contributed by atoms with E-state index in [1.54, 1.807) is 52.1 Å². The topological polar surface area (TPSA) is 81.9 Å². The van der Waals surface area contributed by atoms with Crippen molar-refractivity contribution in [3.8, 4) is 0 Å². The summed E-state index contributed by atoms with van der Waals surface area (Å²) in [5, 5.41) is 7.69. The summed E-state index contributed by atoms with van der Waals surface area (Å²) in [6, 6.07) is 5.17. The lowest BCUT2D eigenvalue weighted by Crippen LogP contribution is -2.27. The quantitative estimate of drug-likeness (QED) is 0.762. The van der Waals surface area contributed by atoms with Gasteiger partial charge >= 0.3 is 6.09 Å². The molecule has 8 heteroatoms. The third-order valence-electron chi connectivity index (χ3n) is 3.26. The number of aromatic nitrogens is 4. The normalized spacial score (nSPS) is 11.6. The van der Waals surface area contributed by atoms with Gasteiger partial charge in [-0.15, -0.1) is 0 Å². The van der Waals surface area contributed by atoms with Crippen LogP contribution in [0.4, 0.5) is 20.7 Å². The van der Waals surface area contributed by atoms with Gasteiger partial charge in [0.25, 0.3) is 0 Å². The van der Waals surface area contributed by atoms with Gasteiger partial charge in [0, 0.05) is 11.1 Å². The van der Waals surface area contributed by atoms with Crippen molar-refractivity contribution < 1.29 is 13.9 Å². The molecule has 0 atom stereocenters. The van der Waals surface area contributed by atoms with Crippen molar-refractivity contribution in [1.29, 1.82) is 0 Å². The number of carbonyl (C=O) groups excluding carboxylic acids is 1. The molecule has 0 aliphatic heterocycles. The van der Waals surface area contributed by atoms with E-state index in [4.69, 9.17) is 4.74 Å². The first-order chi connectivity index (χ1) is 11.7. The highest BCUT2D eigenvalue weighted by Gasteiger charge is 2.20. The maximum atomic E-state index is 13.8. The fourth-order valence-electron chi connectivity index (χ4n) is 2.24. The average molecular weight is 343 g/mol. The standard InChI is InChI=1S/C17H18FN5O2/c1-10-19-9-13(18)15(21-10)22-12-5-6-14-11(7-12)8-20-23(14)16(24)25-17(2,3)4/h5-9H,1-4H3,(H,19,21,22). The van der Waals surface area contributed by atoms with Crippen molar-refractivity contribution in [3.05, 3.63) is 42.2 Å². The summed E-state index contributed by atoms with van der Waals surface area (Å²) < 4.78 is 20.3. The van der Waals surface area contributed by atoms with Gasteiger partial charge < -0.3 is 10.1 Å². The van der Waals surface area contributed by atoms with E-state index in [0.717, 1.165) is 6.20 Å². The van der Waals surface area contributed by atoms with Crippen LogP contribution in [0, 0.1) is 12.7 Å². The molecule has 0 aliphatic rings. The Balaban J connectivity index is 1.89. The predicted molar refractivity (Wildman–Crippen MR) is 91.4 cm³/mol. The maximum absolute atomic E-state index is 13.8. The smallest absolute Gasteiger partial charge is 0.435 e. The Bertz CT molecular complexity index is 946. The van der Waals surface area contributed by atoms with Crippen LogP contribution in [0.5, 0.6) is 0 Å².